The van der Waals surface area contributed by atoms with E-state index in [1.807, 2.05) is 0 Å². The van der Waals surface area contributed by atoms with Crippen molar-refractivity contribution in [1.82, 2.24) is 15.5 Å². The molecule has 3 rings (SSSR count). The fraction of sp³-hybridized carbons (Fsp3) is 0.611. The first-order chi connectivity index (χ1) is 11.3. The van der Waals surface area contributed by atoms with E-state index in [1.165, 1.54) is 24.8 Å². The van der Waals surface area contributed by atoms with E-state index in [4.69, 9.17) is 0 Å². The second-order valence-corrected chi connectivity index (χ2v) is 7.49. The van der Waals surface area contributed by atoms with E-state index < -0.39 is 0 Å². The highest BCUT2D eigenvalue weighted by molar-refractivity contribution is 7.99. The molecule has 1 amide bonds. The van der Waals surface area contributed by atoms with Gasteiger partial charge in [-0.05, 0) is 37.9 Å². The van der Waals surface area contributed by atoms with E-state index in [-0.39, 0.29) is 11.9 Å². The molecule has 1 aromatic rings. The van der Waals surface area contributed by atoms with Crippen LogP contribution in [0.25, 0.3) is 0 Å². The molecule has 2 atom stereocenters. The normalized spacial score (nSPS) is 23.6. The van der Waals surface area contributed by atoms with E-state index in [2.05, 4.69) is 45.9 Å². The summed E-state index contributed by atoms with van der Waals surface area (Å²) in [6, 6.07) is 11.0. The Morgan fingerprint density at radius 1 is 1.26 bits per heavy atom. The maximum atomic E-state index is 12.3. The van der Waals surface area contributed by atoms with Gasteiger partial charge in [0.15, 0.2) is 0 Å². The molecule has 0 saturated carbocycles. The van der Waals surface area contributed by atoms with Crippen LogP contribution >= 0.6 is 11.8 Å². The highest BCUT2D eigenvalue weighted by Crippen LogP contribution is 2.16. The van der Waals surface area contributed by atoms with Crippen LogP contribution < -0.4 is 10.6 Å². The zero-order valence-corrected chi connectivity index (χ0v) is 14.5. The zero-order valence-electron chi connectivity index (χ0n) is 13.7. The van der Waals surface area contributed by atoms with Gasteiger partial charge in [0.2, 0.25) is 5.91 Å². The number of piperidine rings is 1. The smallest absolute Gasteiger partial charge is 0.238 e. The zero-order chi connectivity index (χ0) is 15.9. The Morgan fingerprint density at radius 2 is 2.04 bits per heavy atom. The summed E-state index contributed by atoms with van der Waals surface area (Å²) in [5.74, 6) is 1.93. The lowest BCUT2D eigenvalue weighted by Gasteiger charge is -2.35. The van der Waals surface area contributed by atoms with Crippen molar-refractivity contribution in [2.24, 2.45) is 0 Å². The van der Waals surface area contributed by atoms with Gasteiger partial charge in [-0.3, -0.25) is 15.0 Å². The third-order valence-corrected chi connectivity index (χ3v) is 5.71. The average Bonchev–Trinajstić information content (AvgIpc) is 3.15. The first-order valence-corrected chi connectivity index (χ1v) is 9.85. The number of amides is 1. The number of hydrogen-bond acceptors (Lipinski definition) is 4. The van der Waals surface area contributed by atoms with Gasteiger partial charge in [-0.25, -0.2) is 0 Å². The monoisotopic (exact) mass is 333 g/mol. The van der Waals surface area contributed by atoms with Crippen LogP contribution in [-0.4, -0.2) is 54.2 Å². The Bertz CT molecular complexity index is 484. The molecule has 5 heteroatoms. The van der Waals surface area contributed by atoms with Crippen LogP contribution in [0.4, 0.5) is 0 Å². The van der Waals surface area contributed by atoms with Gasteiger partial charge in [0.25, 0.3) is 0 Å². The summed E-state index contributed by atoms with van der Waals surface area (Å²) < 4.78 is 0. The van der Waals surface area contributed by atoms with Crippen LogP contribution in [0.3, 0.4) is 0 Å². The molecule has 23 heavy (non-hydrogen) atoms. The highest BCUT2D eigenvalue weighted by atomic mass is 32.2. The first-order valence-electron chi connectivity index (χ1n) is 8.70. The summed E-state index contributed by atoms with van der Waals surface area (Å²) in [6.45, 7) is 3.06. The summed E-state index contributed by atoms with van der Waals surface area (Å²) in [6.07, 6.45) is 4.90. The number of rotatable bonds is 6. The summed E-state index contributed by atoms with van der Waals surface area (Å²) in [5.41, 5.74) is 1.35. The Balaban J connectivity index is 1.58. The molecular formula is C18H27N3OS. The highest BCUT2D eigenvalue weighted by Gasteiger charge is 2.25. The molecule has 0 aromatic heterocycles. The largest absolute Gasteiger partial charge is 0.353 e. The molecule has 2 aliphatic rings. The number of nitrogens with one attached hydrogen (secondary N) is 2. The average molecular weight is 334 g/mol. The van der Waals surface area contributed by atoms with Crippen molar-refractivity contribution in [2.45, 2.75) is 37.8 Å². The number of carbonyl (C=O) groups is 1. The topological polar surface area (TPSA) is 44.4 Å². The Hall–Kier alpha value is -1.04. The van der Waals surface area contributed by atoms with E-state index >= 15 is 0 Å². The fourth-order valence-corrected chi connectivity index (χ4v) is 4.35. The number of carbonyl (C=O) groups excluding carboxylic acids is 1. The van der Waals surface area contributed by atoms with E-state index in [1.54, 1.807) is 11.8 Å². The first kappa shape index (κ1) is 16.8. The minimum absolute atomic E-state index is 0.0151. The van der Waals surface area contributed by atoms with Crippen LogP contribution in [0.1, 0.15) is 24.8 Å². The third-order valence-electron chi connectivity index (χ3n) is 4.77. The quantitative estimate of drug-likeness (QED) is 0.834. The molecule has 2 saturated heterocycles. The Labute approximate surface area is 143 Å². The van der Waals surface area contributed by atoms with Gasteiger partial charge in [0.1, 0.15) is 0 Å². The number of likely N-dealkylation sites (tertiary alicyclic amines) is 1. The van der Waals surface area contributed by atoms with Crippen molar-refractivity contribution < 1.29 is 4.79 Å². The predicted molar refractivity (Wildman–Crippen MR) is 96.6 cm³/mol. The fourth-order valence-electron chi connectivity index (χ4n) is 3.41. The van der Waals surface area contributed by atoms with Gasteiger partial charge >= 0.3 is 0 Å². The summed E-state index contributed by atoms with van der Waals surface area (Å²) in [5, 5.41) is 6.43. The molecule has 2 aliphatic heterocycles. The summed E-state index contributed by atoms with van der Waals surface area (Å²) >= 11 is 1.79. The maximum Gasteiger partial charge on any atom is 0.238 e. The minimum atomic E-state index is -0.0151. The van der Waals surface area contributed by atoms with Crippen LogP contribution in [0, 0.1) is 0 Å². The van der Waals surface area contributed by atoms with E-state index in [0.717, 1.165) is 37.7 Å². The van der Waals surface area contributed by atoms with Crippen LogP contribution in [0.15, 0.2) is 30.3 Å². The van der Waals surface area contributed by atoms with Crippen molar-refractivity contribution in [3.63, 3.8) is 0 Å². The molecule has 126 valence electrons. The second-order valence-electron chi connectivity index (χ2n) is 6.46. The Morgan fingerprint density at radius 3 is 2.74 bits per heavy atom. The van der Waals surface area contributed by atoms with E-state index in [0.29, 0.717) is 6.04 Å². The maximum absolute atomic E-state index is 12.3. The van der Waals surface area contributed by atoms with Crippen molar-refractivity contribution in [3.05, 3.63) is 35.9 Å². The molecule has 0 radical (unpaired) electrons. The molecule has 1 aromatic carbocycles. The van der Waals surface area contributed by atoms with Gasteiger partial charge in [-0.1, -0.05) is 36.8 Å². The van der Waals surface area contributed by atoms with Gasteiger partial charge < -0.3 is 5.32 Å². The molecule has 4 nitrogen and oxygen atoms in total. The summed E-state index contributed by atoms with van der Waals surface area (Å²) in [7, 11) is 0. The van der Waals surface area contributed by atoms with Crippen molar-refractivity contribution in [2.75, 3.05) is 31.3 Å². The molecule has 0 aliphatic carbocycles. The second kappa shape index (κ2) is 8.71. The van der Waals surface area contributed by atoms with Crippen LogP contribution in [0.5, 0.6) is 0 Å². The van der Waals surface area contributed by atoms with E-state index in [9.17, 15) is 4.79 Å². The van der Waals surface area contributed by atoms with Gasteiger partial charge in [0, 0.05) is 24.2 Å². The number of hydrogen-bond donors (Lipinski definition) is 2. The standard InChI is InChI=1S/C18H27N3OS/c22-18(17-13-23-14-20-17)19-12-16(21-9-5-2-6-10-21)11-15-7-3-1-4-8-15/h1,3-4,7-8,16-17,20H,2,5-6,9-14H2,(H,19,22). The summed E-state index contributed by atoms with van der Waals surface area (Å²) in [4.78, 5) is 14.8. The van der Waals surface area contributed by atoms with Gasteiger partial charge in [-0.2, -0.15) is 0 Å². The third kappa shape index (κ3) is 4.96. The van der Waals surface area contributed by atoms with Crippen molar-refractivity contribution in [3.8, 4) is 0 Å². The lowest BCUT2D eigenvalue weighted by atomic mass is 10.0. The minimum Gasteiger partial charge on any atom is -0.353 e. The number of benzene rings is 1. The molecule has 0 bridgehead atoms. The molecule has 2 N–H and O–H groups in total. The van der Waals surface area contributed by atoms with Crippen LogP contribution in [-0.2, 0) is 11.2 Å². The van der Waals surface area contributed by atoms with Gasteiger partial charge in [0.05, 0.1) is 6.04 Å². The SMILES string of the molecule is O=C(NCC(Cc1ccccc1)N1CCCCC1)C1CSCN1. The van der Waals surface area contributed by atoms with Gasteiger partial charge in [-0.15, -0.1) is 11.8 Å². The molecule has 2 fully saturated rings. The predicted octanol–water partition coefficient (Wildman–Crippen LogP) is 1.86. The molecular weight excluding hydrogens is 306 g/mol. The van der Waals surface area contributed by atoms with Crippen molar-refractivity contribution >= 4 is 17.7 Å². The molecule has 2 heterocycles. The molecule has 2 unspecified atom stereocenters. The van der Waals surface area contributed by atoms with Crippen molar-refractivity contribution in [1.29, 1.82) is 0 Å². The number of nitrogens with zero attached hydrogens (tertiary/aromatic N) is 1. The van der Waals surface area contributed by atoms with Crippen LogP contribution in [0.2, 0.25) is 0 Å². The lowest BCUT2D eigenvalue weighted by molar-refractivity contribution is -0.122. The Kier molecular flexibility index (Phi) is 6.37. The lowest BCUT2D eigenvalue weighted by Crippen LogP contribution is -2.50. The number of thioether (sulfide) groups is 1. The molecule has 0 spiro atoms.